The summed E-state index contributed by atoms with van der Waals surface area (Å²) in [5.74, 6) is -5.58. The Bertz CT molecular complexity index is 2520. The van der Waals surface area contributed by atoms with Crippen LogP contribution >= 0.6 is 0 Å². The Morgan fingerprint density at radius 2 is 1.11 bits per heavy atom. The fourth-order valence-corrected chi connectivity index (χ4v) is 5.85. The number of rotatable bonds is 16. The van der Waals surface area contributed by atoms with E-state index in [-0.39, 0.29) is 57.8 Å². The van der Waals surface area contributed by atoms with Crippen LogP contribution in [-0.4, -0.2) is 82.6 Å². The van der Waals surface area contributed by atoms with E-state index >= 15 is 0 Å². The van der Waals surface area contributed by atoms with Crippen molar-refractivity contribution in [3.05, 3.63) is 131 Å². The van der Waals surface area contributed by atoms with Crippen LogP contribution in [0.2, 0.25) is 0 Å². The molecule has 5 rings (SSSR count). The number of ether oxygens (including phenoxy) is 2. The number of anilines is 4. The van der Waals surface area contributed by atoms with Crippen molar-refractivity contribution in [1.29, 1.82) is 0 Å². The number of carboxylic acid groups (broad SMARTS) is 1. The number of benzene rings is 5. The van der Waals surface area contributed by atoms with Crippen LogP contribution in [-0.2, 0) is 9.59 Å². The molecule has 0 saturated carbocycles. The van der Waals surface area contributed by atoms with Gasteiger partial charge in [0.2, 0.25) is 5.91 Å². The summed E-state index contributed by atoms with van der Waals surface area (Å²) in [6.07, 6.45) is 2.01. The number of nitrogens with one attached hydrogen (secondary N) is 5. The molecule has 0 aromatic heterocycles. The Kier molecular flexibility index (Phi) is 13.6. The lowest BCUT2D eigenvalue weighted by Gasteiger charge is -2.25. The fraction of sp³-hybridized carbons (Fsp3) is 0.136. The number of aromatic carboxylic acids is 1. The first-order valence-corrected chi connectivity index (χ1v) is 18.2. The van der Waals surface area contributed by atoms with Gasteiger partial charge < -0.3 is 61.3 Å². The number of aromatic hydroxyl groups is 3. The molecule has 9 N–H and O–H groups in total. The van der Waals surface area contributed by atoms with E-state index in [9.17, 15) is 49.2 Å². The van der Waals surface area contributed by atoms with Gasteiger partial charge in [-0.3, -0.25) is 19.2 Å². The molecule has 0 saturated heterocycles. The molecule has 1 atom stereocenters. The summed E-state index contributed by atoms with van der Waals surface area (Å²) in [7, 11) is 2.39. The number of carbonyl (C=O) groups excluding carboxylic acids is 5. The van der Waals surface area contributed by atoms with Crippen molar-refractivity contribution in [2.45, 2.75) is 19.4 Å². The van der Waals surface area contributed by atoms with Crippen molar-refractivity contribution in [3.8, 4) is 28.7 Å². The van der Waals surface area contributed by atoms with Crippen molar-refractivity contribution in [2.24, 2.45) is 0 Å². The number of carboxylic acids is 1. The second-order valence-corrected chi connectivity index (χ2v) is 13.7. The smallest absolute Gasteiger partial charge is 0.339 e. The highest BCUT2D eigenvalue weighted by molar-refractivity contribution is 6.10. The highest BCUT2D eigenvalue weighted by Crippen LogP contribution is 2.40. The Balaban J connectivity index is 1.16. The lowest BCUT2D eigenvalue weighted by Crippen LogP contribution is -2.52. The lowest BCUT2D eigenvalue weighted by molar-refractivity contribution is -0.112. The average Bonchev–Trinajstić information content (AvgIpc) is 3.23. The predicted molar refractivity (Wildman–Crippen MR) is 226 cm³/mol. The lowest BCUT2D eigenvalue weighted by atomic mass is 10.0. The van der Waals surface area contributed by atoms with Gasteiger partial charge in [-0.15, -0.1) is 0 Å². The molecular weight excluding hydrogens is 791 g/mol. The topological polar surface area (TPSA) is 262 Å². The van der Waals surface area contributed by atoms with Crippen LogP contribution in [0.25, 0.3) is 5.57 Å². The zero-order chi connectivity index (χ0) is 44.4. The van der Waals surface area contributed by atoms with Gasteiger partial charge in [0, 0.05) is 35.1 Å². The molecule has 0 spiro atoms. The van der Waals surface area contributed by atoms with E-state index < -0.39 is 46.3 Å². The van der Waals surface area contributed by atoms with Crippen molar-refractivity contribution < 1.29 is 58.7 Å². The van der Waals surface area contributed by atoms with Crippen LogP contribution in [0.3, 0.4) is 0 Å². The largest absolute Gasteiger partial charge is 0.508 e. The van der Waals surface area contributed by atoms with Crippen LogP contribution < -0.4 is 36.1 Å². The quantitative estimate of drug-likeness (QED) is 0.0417. The van der Waals surface area contributed by atoms with Gasteiger partial charge in [-0.25, -0.2) is 4.79 Å². The molecule has 5 aromatic carbocycles. The first-order valence-electron chi connectivity index (χ1n) is 18.2. The number of hydrogen-bond acceptors (Lipinski definition) is 12. The number of amides is 4. The number of phenols is 3. The summed E-state index contributed by atoms with van der Waals surface area (Å²) in [6, 6.07) is 23.5. The molecule has 0 fully saturated rings. The molecule has 4 amide bonds. The van der Waals surface area contributed by atoms with E-state index in [0.29, 0.717) is 23.2 Å². The number of methoxy groups -OCH3 is 2. The van der Waals surface area contributed by atoms with Gasteiger partial charge in [0.25, 0.3) is 17.7 Å². The van der Waals surface area contributed by atoms with E-state index in [2.05, 4.69) is 26.6 Å². The van der Waals surface area contributed by atoms with E-state index in [1.165, 1.54) is 81.8 Å². The van der Waals surface area contributed by atoms with Crippen LogP contribution in [0.15, 0.2) is 103 Å². The van der Waals surface area contributed by atoms with Gasteiger partial charge in [-0.05, 0) is 110 Å². The Morgan fingerprint density at radius 1 is 0.623 bits per heavy atom. The van der Waals surface area contributed by atoms with Gasteiger partial charge in [0.05, 0.1) is 31.2 Å². The second-order valence-electron chi connectivity index (χ2n) is 13.7. The Labute approximate surface area is 348 Å². The standard InChI is InChI=1S/C44H41N5O12/c1-24(25-9-15-30(51)16-10-25)21-35(52)46-29-13-7-27(8-14-29)41(56)49-44(2,23-50)22-45-28-11-5-26(6-12-28)40(55)47-33-19-17-31(36(53)38(33)60-3)42(57)48-34-20-18-32(43(58)59)37(54)39(34)61-4/h5-21,23,45,51,53-54H,22H2,1-4H3,(H,46,52)(H,47,55)(H,48,57)(H,49,56)(H,58,59)/b24-21+. The summed E-state index contributed by atoms with van der Waals surface area (Å²) in [6.45, 7) is 3.27. The number of carbonyl (C=O) groups is 6. The first kappa shape index (κ1) is 43.8. The van der Waals surface area contributed by atoms with Crippen molar-refractivity contribution >= 4 is 64.2 Å². The first-order chi connectivity index (χ1) is 29.1. The molecule has 0 radical (unpaired) electrons. The second kappa shape index (κ2) is 18.9. The van der Waals surface area contributed by atoms with Crippen LogP contribution in [0.1, 0.15) is 60.8 Å². The molecule has 314 valence electrons. The summed E-state index contributed by atoms with van der Waals surface area (Å²) in [5.41, 5.74) is 0.706. The Hall–Kier alpha value is -8.34. The molecule has 61 heavy (non-hydrogen) atoms. The molecule has 0 aliphatic carbocycles. The van der Waals surface area contributed by atoms with E-state index in [4.69, 9.17) is 9.47 Å². The maximum Gasteiger partial charge on any atom is 0.339 e. The van der Waals surface area contributed by atoms with E-state index in [0.717, 1.165) is 11.6 Å². The molecule has 0 aliphatic rings. The molecule has 0 aliphatic heterocycles. The van der Waals surface area contributed by atoms with Gasteiger partial charge in [0.1, 0.15) is 23.1 Å². The molecule has 1 unspecified atom stereocenters. The zero-order valence-electron chi connectivity index (χ0n) is 33.2. The van der Waals surface area contributed by atoms with Gasteiger partial charge in [-0.2, -0.15) is 0 Å². The SMILES string of the molecule is COc1c(NC(=O)c2ccc(NC(=O)c3ccc(NCC(C)(C=O)NC(=O)c4ccc(NC(=O)/C=C(\C)c5ccc(O)cc5)cc4)cc3)c(OC)c2O)ccc(C(=O)O)c1O. The number of allylic oxidation sites excluding steroid dienone is 1. The molecule has 0 bridgehead atoms. The minimum Gasteiger partial charge on any atom is -0.508 e. The molecule has 5 aromatic rings. The molecular formula is C44H41N5O12. The number of hydrogen-bond donors (Lipinski definition) is 9. The maximum absolute atomic E-state index is 13.2. The monoisotopic (exact) mass is 831 g/mol. The number of aldehydes is 1. The van der Waals surface area contributed by atoms with Crippen LogP contribution in [0.5, 0.6) is 28.7 Å². The third-order valence-electron chi connectivity index (χ3n) is 9.19. The van der Waals surface area contributed by atoms with E-state index in [1.54, 1.807) is 43.3 Å². The normalized spacial score (nSPS) is 11.9. The van der Waals surface area contributed by atoms with Crippen molar-refractivity contribution in [2.75, 3.05) is 42.0 Å². The summed E-state index contributed by atoms with van der Waals surface area (Å²) in [5, 5.41) is 53.5. The van der Waals surface area contributed by atoms with Gasteiger partial charge in [0.15, 0.2) is 23.0 Å². The van der Waals surface area contributed by atoms with Crippen molar-refractivity contribution in [1.82, 2.24) is 5.32 Å². The fourth-order valence-electron chi connectivity index (χ4n) is 5.85. The van der Waals surface area contributed by atoms with E-state index in [1.807, 2.05) is 0 Å². The van der Waals surface area contributed by atoms with Gasteiger partial charge in [-0.1, -0.05) is 12.1 Å². The minimum atomic E-state index is -1.42. The highest BCUT2D eigenvalue weighted by Gasteiger charge is 2.27. The number of phenolic OH excluding ortho intramolecular Hbond substituents is 2. The molecule has 17 nitrogen and oxygen atoms in total. The highest BCUT2D eigenvalue weighted by atomic mass is 16.5. The maximum atomic E-state index is 13.2. The Morgan fingerprint density at radius 3 is 1.66 bits per heavy atom. The average molecular weight is 832 g/mol. The summed E-state index contributed by atoms with van der Waals surface area (Å²) in [4.78, 5) is 75.4. The third-order valence-corrected chi connectivity index (χ3v) is 9.19. The summed E-state index contributed by atoms with van der Waals surface area (Å²) >= 11 is 0. The summed E-state index contributed by atoms with van der Waals surface area (Å²) < 4.78 is 10.4. The van der Waals surface area contributed by atoms with Crippen LogP contribution in [0, 0.1) is 0 Å². The van der Waals surface area contributed by atoms with Gasteiger partial charge >= 0.3 is 5.97 Å². The third kappa shape index (κ3) is 10.6. The predicted octanol–water partition coefficient (Wildman–Crippen LogP) is 5.86. The minimum absolute atomic E-state index is 0.0212. The van der Waals surface area contributed by atoms with Crippen LogP contribution in [0.4, 0.5) is 22.7 Å². The molecule has 17 heteroatoms. The zero-order valence-corrected chi connectivity index (χ0v) is 33.2. The molecule has 0 heterocycles. The van der Waals surface area contributed by atoms with Crippen molar-refractivity contribution in [3.63, 3.8) is 0 Å².